The molecule has 1 amide bonds. The van der Waals surface area contributed by atoms with Crippen molar-refractivity contribution in [2.24, 2.45) is 0 Å². The number of carbonyl (C=O) groups is 1. The van der Waals surface area contributed by atoms with Crippen LogP contribution in [0.4, 0.5) is 4.39 Å². The van der Waals surface area contributed by atoms with Gasteiger partial charge in [0.05, 0.1) is 0 Å². The standard InChI is InChI=1S/C17H15FN4O2S/c1-2-19-14(23)10-22-9-12(6-7-15(22)24)16-20-17(25-21-16)11-4-3-5-13(18)8-11/h3-9H,2,10H2,1H3,(H,19,23). The molecule has 0 atom stereocenters. The van der Waals surface area contributed by atoms with Crippen LogP contribution in [-0.4, -0.2) is 26.4 Å². The minimum Gasteiger partial charge on any atom is -0.355 e. The Kier molecular flexibility index (Phi) is 4.99. The number of halogens is 1. The normalized spacial score (nSPS) is 10.6. The van der Waals surface area contributed by atoms with Crippen LogP contribution in [0.5, 0.6) is 0 Å². The van der Waals surface area contributed by atoms with Crippen LogP contribution in [-0.2, 0) is 11.3 Å². The van der Waals surface area contributed by atoms with Crippen LogP contribution in [0.15, 0.2) is 47.4 Å². The lowest BCUT2D eigenvalue weighted by atomic mass is 10.2. The van der Waals surface area contributed by atoms with Gasteiger partial charge in [-0.25, -0.2) is 9.37 Å². The maximum atomic E-state index is 13.3. The van der Waals surface area contributed by atoms with Gasteiger partial charge in [-0.2, -0.15) is 4.37 Å². The van der Waals surface area contributed by atoms with Gasteiger partial charge < -0.3 is 9.88 Å². The van der Waals surface area contributed by atoms with Gasteiger partial charge in [0.2, 0.25) is 5.91 Å². The minimum atomic E-state index is -0.343. The summed E-state index contributed by atoms with van der Waals surface area (Å²) in [4.78, 5) is 28.0. The van der Waals surface area contributed by atoms with E-state index in [9.17, 15) is 14.0 Å². The van der Waals surface area contributed by atoms with Crippen molar-refractivity contribution in [2.45, 2.75) is 13.5 Å². The molecule has 0 radical (unpaired) electrons. The van der Waals surface area contributed by atoms with E-state index in [-0.39, 0.29) is 23.8 Å². The Hall–Kier alpha value is -2.87. The Morgan fingerprint density at radius 2 is 2.12 bits per heavy atom. The van der Waals surface area contributed by atoms with E-state index < -0.39 is 0 Å². The molecule has 1 aromatic carbocycles. The predicted molar refractivity (Wildman–Crippen MR) is 93.7 cm³/mol. The monoisotopic (exact) mass is 358 g/mol. The number of likely N-dealkylation sites (N-methyl/N-ethyl adjacent to an activating group) is 1. The van der Waals surface area contributed by atoms with E-state index in [1.807, 2.05) is 6.92 Å². The first-order chi connectivity index (χ1) is 12.1. The van der Waals surface area contributed by atoms with Gasteiger partial charge >= 0.3 is 0 Å². The van der Waals surface area contributed by atoms with Crippen molar-refractivity contribution in [3.63, 3.8) is 0 Å². The fraction of sp³-hybridized carbons (Fsp3) is 0.176. The van der Waals surface area contributed by atoms with Crippen LogP contribution in [0.25, 0.3) is 22.0 Å². The van der Waals surface area contributed by atoms with Gasteiger partial charge in [0.15, 0.2) is 5.82 Å². The van der Waals surface area contributed by atoms with Gasteiger partial charge in [0.1, 0.15) is 17.4 Å². The number of carbonyl (C=O) groups excluding carboxylic acids is 1. The maximum absolute atomic E-state index is 13.3. The molecule has 2 aromatic heterocycles. The van der Waals surface area contributed by atoms with Crippen LogP contribution >= 0.6 is 11.5 Å². The highest BCUT2D eigenvalue weighted by molar-refractivity contribution is 7.09. The van der Waals surface area contributed by atoms with Crippen molar-refractivity contribution in [1.82, 2.24) is 19.2 Å². The number of rotatable bonds is 5. The lowest BCUT2D eigenvalue weighted by molar-refractivity contribution is -0.121. The summed E-state index contributed by atoms with van der Waals surface area (Å²) in [6, 6.07) is 9.09. The van der Waals surface area contributed by atoms with Gasteiger partial charge in [0.25, 0.3) is 5.56 Å². The third-order valence-electron chi connectivity index (χ3n) is 3.43. The zero-order valence-corrected chi connectivity index (χ0v) is 14.2. The summed E-state index contributed by atoms with van der Waals surface area (Å²) in [6.07, 6.45) is 1.55. The molecule has 0 fully saturated rings. The van der Waals surface area contributed by atoms with Crippen LogP contribution in [0, 0.1) is 5.82 Å². The van der Waals surface area contributed by atoms with Crippen molar-refractivity contribution < 1.29 is 9.18 Å². The number of nitrogens with one attached hydrogen (secondary N) is 1. The predicted octanol–water partition coefficient (Wildman–Crippen LogP) is 2.31. The largest absolute Gasteiger partial charge is 0.355 e. The quantitative estimate of drug-likeness (QED) is 0.759. The number of nitrogens with zero attached hydrogens (tertiary/aromatic N) is 3. The summed E-state index contributed by atoms with van der Waals surface area (Å²) in [5.41, 5.74) is 0.970. The Morgan fingerprint density at radius 1 is 1.28 bits per heavy atom. The molecule has 3 aromatic rings. The first kappa shape index (κ1) is 17.0. The fourth-order valence-electron chi connectivity index (χ4n) is 2.27. The lowest BCUT2D eigenvalue weighted by Crippen LogP contribution is -2.31. The Labute approximate surface area is 147 Å². The molecule has 0 unspecified atom stereocenters. The molecule has 6 nitrogen and oxygen atoms in total. The van der Waals surface area contributed by atoms with Crippen molar-refractivity contribution in [1.29, 1.82) is 0 Å². The number of hydrogen-bond acceptors (Lipinski definition) is 5. The number of aromatic nitrogens is 3. The second-order valence-corrected chi connectivity index (χ2v) is 6.02. The maximum Gasteiger partial charge on any atom is 0.251 e. The van der Waals surface area contributed by atoms with Gasteiger partial charge in [-0.15, -0.1) is 0 Å². The Balaban J connectivity index is 1.90. The van der Waals surface area contributed by atoms with Crippen LogP contribution < -0.4 is 10.9 Å². The Bertz CT molecular complexity index is 967. The van der Waals surface area contributed by atoms with E-state index in [0.717, 1.165) is 11.5 Å². The fourth-order valence-corrected chi connectivity index (χ4v) is 2.95. The zero-order valence-electron chi connectivity index (χ0n) is 13.4. The highest BCUT2D eigenvalue weighted by Gasteiger charge is 2.11. The summed E-state index contributed by atoms with van der Waals surface area (Å²) < 4.78 is 18.9. The third kappa shape index (κ3) is 3.97. The van der Waals surface area contributed by atoms with Gasteiger partial charge in [-0.05, 0) is 36.7 Å². The van der Waals surface area contributed by atoms with Crippen molar-refractivity contribution in [2.75, 3.05) is 6.54 Å². The first-order valence-electron chi connectivity index (χ1n) is 7.64. The van der Waals surface area contributed by atoms with Gasteiger partial charge in [-0.1, -0.05) is 12.1 Å². The van der Waals surface area contributed by atoms with E-state index in [0.29, 0.717) is 28.5 Å². The average molecular weight is 358 g/mol. The smallest absolute Gasteiger partial charge is 0.251 e. The van der Waals surface area contributed by atoms with Crippen LogP contribution in [0.1, 0.15) is 6.92 Å². The molecule has 0 bridgehead atoms. The van der Waals surface area contributed by atoms with E-state index in [1.165, 1.54) is 22.8 Å². The van der Waals surface area contributed by atoms with E-state index in [1.54, 1.807) is 24.4 Å². The van der Waals surface area contributed by atoms with E-state index >= 15 is 0 Å². The molecule has 25 heavy (non-hydrogen) atoms. The van der Waals surface area contributed by atoms with Gasteiger partial charge in [0, 0.05) is 29.9 Å². The summed E-state index contributed by atoms with van der Waals surface area (Å²) in [5, 5.41) is 3.23. The molecular formula is C17H15FN4O2S. The van der Waals surface area contributed by atoms with Crippen molar-refractivity contribution in [3.8, 4) is 22.0 Å². The summed E-state index contributed by atoms with van der Waals surface area (Å²) in [6.45, 7) is 2.24. The zero-order chi connectivity index (χ0) is 17.8. The number of benzene rings is 1. The highest BCUT2D eigenvalue weighted by atomic mass is 32.1. The highest BCUT2D eigenvalue weighted by Crippen LogP contribution is 2.25. The topological polar surface area (TPSA) is 76.9 Å². The lowest BCUT2D eigenvalue weighted by Gasteiger charge is -2.06. The van der Waals surface area contributed by atoms with E-state index in [2.05, 4.69) is 14.7 Å². The second-order valence-electron chi connectivity index (χ2n) is 5.27. The summed E-state index contributed by atoms with van der Waals surface area (Å²) in [5.74, 6) is -0.160. The summed E-state index contributed by atoms with van der Waals surface area (Å²) >= 11 is 1.14. The summed E-state index contributed by atoms with van der Waals surface area (Å²) in [7, 11) is 0. The number of hydrogen-bond donors (Lipinski definition) is 1. The molecule has 0 saturated heterocycles. The van der Waals surface area contributed by atoms with Gasteiger partial charge in [-0.3, -0.25) is 9.59 Å². The van der Waals surface area contributed by atoms with Crippen LogP contribution in [0.3, 0.4) is 0 Å². The molecule has 0 spiro atoms. The third-order valence-corrected chi connectivity index (χ3v) is 4.19. The average Bonchev–Trinajstić information content (AvgIpc) is 3.07. The van der Waals surface area contributed by atoms with Crippen LogP contribution in [0.2, 0.25) is 0 Å². The molecule has 8 heteroatoms. The molecule has 0 aliphatic carbocycles. The molecule has 2 heterocycles. The van der Waals surface area contributed by atoms with Crippen molar-refractivity contribution in [3.05, 3.63) is 58.8 Å². The molecular weight excluding hydrogens is 343 g/mol. The minimum absolute atomic E-state index is 0.0681. The first-order valence-corrected chi connectivity index (χ1v) is 8.41. The number of pyridine rings is 1. The SMILES string of the molecule is CCNC(=O)Cn1cc(-c2nsc(-c3cccc(F)c3)n2)ccc1=O. The molecule has 0 aliphatic heterocycles. The van der Waals surface area contributed by atoms with E-state index in [4.69, 9.17) is 0 Å². The van der Waals surface area contributed by atoms with Crippen molar-refractivity contribution >= 4 is 17.4 Å². The Morgan fingerprint density at radius 3 is 2.88 bits per heavy atom. The molecule has 3 rings (SSSR count). The second kappa shape index (κ2) is 7.35. The molecule has 0 aliphatic rings. The molecule has 128 valence electrons. The molecule has 1 N–H and O–H groups in total. The number of amides is 1. The molecule has 0 saturated carbocycles.